The predicted molar refractivity (Wildman–Crippen MR) is 75.7 cm³/mol. The maximum Gasteiger partial charge on any atom is 0.257 e. The highest BCUT2D eigenvalue weighted by molar-refractivity contribution is 5.54. The van der Waals surface area contributed by atoms with E-state index in [1.165, 1.54) is 5.56 Å². The third-order valence-electron chi connectivity index (χ3n) is 2.76. The Hall–Kier alpha value is -1.68. The van der Waals surface area contributed by atoms with E-state index in [4.69, 9.17) is 10.3 Å². The number of nitrogens with zero attached hydrogens (tertiary/aromatic N) is 2. The first-order valence-corrected chi connectivity index (χ1v) is 6.60. The van der Waals surface area contributed by atoms with Crippen molar-refractivity contribution in [2.24, 2.45) is 11.1 Å². The lowest BCUT2D eigenvalue weighted by molar-refractivity contribution is 0.374. The minimum atomic E-state index is 0.155. The molecule has 0 aliphatic rings. The first-order chi connectivity index (χ1) is 8.98. The zero-order valence-corrected chi connectivity index (χ0v) is 11.8. The third kappa shape index (κ3) is 3.89. The lowest BCUT2D eigenvalue weighted by Gasteiger charge is -2.14. The van der Waals surface area contributed by atoms with Crippen molar-refractivity contribution >= 4 is 0 Å². The highest BCUT2D eigenvalue weighted by Crippen LogP contribution is 2.22. The molecule has 0 aliphatic heterocycles. The van der Waals surface area contributed by atoms with Gasteiger partial charge in [-0.3, -0.25) is 0 Å². The molecule has 4 nitrogen and oxygen atoms in total. The van der Waals surface area contributed by atoms with Crippen molar-refractivity contribution in [3.63, 3.8) is 0 Å². The van der Waals surface area contributed by atoms with E-state index in [2.05, 4.69) is 43.0 Å². The Morgan fingerprint density at radius 2 is 2.05 bits per heavy atom. The van der Waals surface area contributed by atoms with Crippen LogP contribution in [0.4, 0.5) is 0 Å². The maximum absolute atomic E-state index is 5.57. The summed E-state index contributed by atoms with van der Waals surface area (Å²) in [6.07, 6.45) is 1.66. The second kappa shape index (κ2) is 5.53. The largest absolute Gasteiger partial charge is 0.334 e. The molecule has 102 valence electrons. The summed E-state index contributed by atoms with van der Waals surface area (Å²) in [4.78, 5) is 4.46. The van der Waals surface area contributed by atoms with E-state index in [0.29, 0.717) is 12.4 Å². The van der Waals surface area contributed by atoms with E-state index in [-0.39, 0.29) is 5.41 Å². The van der Waals surface area contributed by atoms with Gasteiger partial charge in [0.2, 0.25) is 0 Å². The van der Waals surface area contributed by atoms with Gasteiger partial charge >= 0.3 is 0 Å². The Morgan fingerprint density at radius 1 is 1.26 bits per heavy atom. The van der Waals surface area contributed by atoms with Crippen molar-refractivity contribution in [1.82, 2.24) is 10.1 Å². The second-order valence-electron chi connectivity index (χ2n) is 5.99. The molecule has 1 aromatic heterocycles. The molecule has 2 aromatic rings. The Balaban J connectivity index is 2.20. The average Bonchev–Trinajstić information content (AvgIpc) is 2.76. The summed E-state index contributed by atoms with van der Waals surface area (Å²) in [5.74, 6) is 1.34. The van der Waals surface area contributed by atoms with Gasteiger partial charge in [0.15, 0.2) is 5.82 Å². The summed E-state index contributed by atoms with van der Waals surface area (Å²) < 4.78 is 5.34. The van der Waals surface area contributed by atoms with Gasteiger partial charge in [-0.25, -0.2) is 0 Å². The van der Waals surface area contributed by atoms with Crippen molar-refractivity contribution in [2.45, 2.75) is 33.6 Å². The first kappa shape index (κ1) is 13.7. The van der Waals surface area contributed by atoms with Gasteiger partial charge in [-0.2, -0.15) is 4.98 Å². The molecule has 0 saturated heterocycles. The van der Waals surface area contributed by atoms with Gasteiger partial charge in [-0.05, 0) is 36.1 Å². The normalized spacial score (nSPS) is 11.8. The standard InChI is InChI=1S/C15H21N3O/c1-15(2,3)10-13-17-14(19-18-13)12-6-4-5-11(9-12)7-8-16/h4-6,9H,7-8,10,16H2,1-3H3. The number of benzene rings is 1. The van der Waals surface area contributed by atoms with Crippen LogP contribution in [0.1, 0.15) is 32.2 Å². The van der Waals surface area contributed by atoms with Gasteiger partial charge in [-0.1, -0.05) is 38.1 Å². The Bertz CT molecular complexity index is 540. The van der Waals surface area contributed by atoms with E-state index >= 15 is 0 Å². The molecule has 4 heteroatoms. The summed E-state index contributed by atoms with van der Waals surface area (Å²) in [5.41, 5.74) is 7.87. The summed E-state index contributed by atoms with van der Waals surface area (Å²) in [6, 6.07) is 8.09. The molecule has 2 rings (SSSR count). The smallest absolute Gasteiger partial charge is 0.257 e. The zero-order chi connectivity index (χ0) is 13.9. The third-order valence-corrected chi connectivity index (χ3v) is 2.76. The summed E-state index contributed by atoms with van der Waals surface area (Å²) in [7, 11) is 0. The number of hydrogen-bond acceptors (Lipinski definition) is 4. The molecule has 0 atom stereocenters. The topological polar surface area (TPSA) is 64.9 Å². The molecule has 19 heavy (non-hydrogen) atoms. The molecule has 1 aromatic carbocycles. The van der Waals surface area contributed by atoms with Gasteiger partial charge in [0, 0.05) is 12.0 Å². The van der Waals surface area contributed by atoms with Gasteiger partial charge in [0.05, 0.1) is 0 Å². The van der Waals surface area contributed by atoms with Crippen molar-refractivity contribution in [2.75, 3.05) is 6.54 Å². The van der Waals surface area contributed by atoms with Crippen LogP contribution in [0.3, 0.4) is 0 Å². The van der Waals surface area contributed by atoms with E-state index in [0.717, 1.165) is 24.2 Å². The van der Waals surface area contributed by atoms with Gasteiger partial charge in [0.1, 0.15) is 0 Å². The fourth-order valence-electron chi connectivity index (χ4n) is 1.94. The quantitative estimate of drug-likeness (QED) is 0.917. The Morgan fingerprint density at radius 3 is 2.74 bits per heavy atom. The van der Waals surface area contributed by atoms with Crippen molar-refractivity contribution in [3.05, 3.63) is 35.7 Å². The molecule has 0 bridgehead atoms. The fraction of sp³-hybridized carbons (Fsp3) is 0.467. The molecule has 0 radical (unpaired) electrons. The van der Waals surface area contributed by atoms with E-state index in [1.807, 2.05) is 12.1 Å². The van der Waals surface area contributed by atoms with Crippen LogP contribution in [0.2, 0.25) is 0 Å². The minimum Gasteiger partial charge on any atom is -0.334 e. The molecule has 0 aliphatic carbocycles. The summed E-state index contributed by atoms with van der Waals surface area (Å²) in [6.45, 7) is 7.11. The number of rotatable bonds is 4. The molecular formula is C15H21N3O. The molecule has 0 saturated carbocycles. The molecule has 2 N–H and O–H groups in total. The fourth-order valence-corrected chi connectivity index (χ4v) is 1.94. The highest BCUT2D eigenvalue weighted by Gasteiger charge is 2.16. The maximum atomic E-state index is 5.57. The molecule has 0 unspecified atom stereocenters. The number of hydrogen-bond donors (Lipinski definition) is 1. The van der Waals surface area contributed by atoms with Crippen LogP contribution < -0.4 is 5.73 Å². The molecule has 0 fully saturated rings. The lowest BCUT2D eigenvalue weighted by Crippen LogP contribution is -2.10. The number of nitrogens with two attached hydrogens (primary N) is 1. The van der Waals surface area contributed by atoms with Crippen LogP contribution in [0.15, 0.2) is 28.8 Å². The van der Waals surface area contributed by atoms with Gasteiger partial charge in [-0.15, -0.1) is 0 Å². The monoisotopic (exact) mass is 259 g/mol. The van der Waals surface area contributed by atoms with Crippen LogP contribution in [0.25, 0.3) is 11.5 Å². The van der Waals surface area contributed by atoms with Crippen LogP contribution in [0, 0.1) is 5.41 Å². The number of aromatic nitrogens is 2. The van der Waals surface area contributed by atoms with Crippen LogP contribution >= 0.6 is 0 Å². The molecule has 0 spiro atoms. The summed E-state index contributed by atoms with van der Waals surface area (Å²) >= 11 is 0. The second-order valence-corrected chi connectivity index (χ2v) is 5.99. The summed E-state index contributed by atoms with van der Waals surface area (Å²) in [5, 5.41) is 4.04. The van der Waals surface area contributed by atoms with Crippen molar-refractivity contribution in [1.29, 1.82) is 0 Å². The molecule has 1 heterocycles. The lowest BCUT2D eigenvalue weighted by atomic mass is 9.92. The van der Waals surface area contributed by atoms with Crippen molar-refractivity contribution < 1.29 is 4.52 Å². The van der Waals surface area contributed by atoms with Crippen molar-refractivity contribution in [3.8, 4) is 11.5 Å². The Labute approximate surface area is 114 Å². The first-order valence-electron chi connectivity index (χ1n) is 6.60. The SMILES string of the molecule is CC(C)(C)Cc1noc(-c2cccc(CCN)c2)n1. The van der Waals surface area contributed by atoms with Crippen LogP contribution in [0.5, 0.6) is 0 Å². The minimum absolute atomic E-state index is 0.155. The zero-order valence-electron chi connectivity index (χ0n) is 11.8. The van der Waals surface area contributed by atoms with E-state index in [9.17, 15) is 0 Å². The Kier molecular flexibility index (Phi) is 4.00. The van der Waals surface area contributed by atoms with Crippen LogP contribution in [-0.2, 0) is 12.8 Å². The van der Waals surface area contributed by atoms with Gasteiger partial charge < -0.3 is 10.3 Å². The highest BCUT2D eigenvalue weighted by atomic mass is 16.5. The van der Waals surface area contributed by atoms with Crippen LogP contribution in [-0.4, -0.2) is 16.7 Å². The van der Waals surface area contributed by atoms with E-state index < -0.39 is 0 Å². The average molecular weight is 259 g/mol. The molecule has 0 amide bonds. The van der Waals surface area contributed by atoms with Gasteiger partial charge in [0.25, 0.3) is 5.89 Å². The van der Waals surface area contributed by atoms with E-state index in [1.54, 1.807) is 0 Å². The predicted octanol–water partition coefficient (Wildman–Crippen LogP) is 2.83. The molecular weight excluding hydrogens is 238 g/mol.